The summed E-state index contributed by atoms with van der Waals surface area (Å²) in [6, 6.07) is 7.98. The molecule has 3 heterocycles. The van der Waals surface area contributed by atoms with Gasteiger partial charge in [-0.05, 0) is 57.2 Å². The highest BCUT2D eigenvalue weighted by Crippen LogP contribution is 2.31. The van der Waals surface area contributed by atoms with Gasteiger partial charge in [0.1, 0.15) is 12.1 Å². The van der Waals surface area contributed by atoms with E-state index in [2.05, 4.69) is 22.6 Å². The van der Waals surface area contributed by atoms with Crippen LogP contribution in [0.2, 0.25) is 0 Å². The van der Waals surface area contributed by atoms with Crippen LogP contribution in [0.1, 0.15) is 64.8 Å². The van der Waals surface area contributed by atoms with Crippen LogP contribution in [0.25, 0.3) is 17.0 Å². The third-order valence-corrected chi connectivity index (χ3v) is 7.80. The van der Waals surface area contributed by atoms with Crippen LogP contribution in [-0.4, -0.2) is 66.2 Å². The molecule has 3 N–H and O–H groups in total. The van der Waals surface area contributed by atoms with Crippen LogP contribution in [0, 0.1) is 11.3 Å². The number of ether oxygens (including phenoxy) is 2. The third kappa shape index (κ3) is 7.17. The summed E-state index contributed by atoms with van der Waals surface area (Å²) in [6.07, 6.45) is 4.26. The molecule has 2 aliphatic rings. The van der Waals surface area contributed by atoms with Crippen molar-refractivity contribution in [2.75, 3.05) is 20.3 Å². The molecule has 2 aliphatic heterocycles. The fourth-order valence-corrected chi connectivity index (χ4v) is 5.00. The highest BCUT2D eigenvalue weighted by molar-refractivity contribution is 5.90. The number of allylic oxidation sites excluding steroid dienone is 1. The lowest BCUT2D eigenvalue weighted by Gasteiger charge is -2.36. The van der Waals surface area contributed by atoms with Crippen LogP contribution in [-0.2, 0) is 23.9 Å². The number of benzene rings is 1. The second kappa shape index (κ2) is 13.0. The summed E-state index contributed by atoms with van der Waals surface area (Å²) in [4.78, 5) is 45.1. The largest absolute Gasteiger partial charge is 0.484 e. The van der Waals surface area contributed by atoms with E-state index >= 15 is 0 Å². The first-order valence-electron chi connectivity index (χ1n) is 14.5. The molecule has 0 aliphatic carbocycles. The van der Waals surface area contributed by atoms with Gasteiger partial charge in [0, 0.05) is 24.5 Å². The molecule has 4 rings (SSSR count). The second-order valence-electron chi connectivity index (χ2n) is 12.0. The van der Waals surface area contributed by atoms with Crippen LogP contribution < -0.4 is 16.1 Å². The molecule has 1 unspecified atom stereocenters. The number of nitrogens with zero attached hydrogens (tertiary/aromatic N) is 2. The van der Waals surface area contributed by atoms with Gasteiger partial charge in [-0.25, -0.2) is 5.43 Å². The molecule has 5 bridgehead atoms. The zero-order valence-electron chi connectivity index (χ0n) is 25.4. The van der Waals surface area contributed by atoms with Crippen molar-refractivity contribution in [3.05, 3.63) is 60.0 Å². The van der Waals surface area contributed by atoms with Crippen LogP contribution in [0.4, 0.5) is 0 Å². The summed E-state index contributed by atoms with van der Waals surface area (Å²) in [7, 11) is 1.47. The van der Waals surface area contributed by atoms with E-state index in [1.807, 2.05) is 77.1 Å². The van der Waals surface area contributed by atoms with Gasteiger partial charge in [-0.3, -0.25) is 24.4 Å². The molecule has 0 spiro atoms. The van der Waals surface area contributed by atoms with Crippen LogP contribution in [0.3, 0.4) is 0 Å². The molecule has 226 valence electrons. The Balaban J connectivity index is 1.72. The standard InChI is InChI=1S/C32H43N5O5/c1-19(2)28-30(39)35-27(18-41-7)31(40)37-16-8-9-25(36-37)29(38)33-20(3)24-13-12-23-11-10-22(17-26(23)34-24)14-15-32(5,6)21(4)42-28/h10-15,17,19-20,25,27-28,36H,4,8-9,16,18H2,1-3,5-7H3,(H,33,38)(H,35,39)/b15-14+/t20-,25+,27?,28+/m1/s1. The number of rotatable bonds is 3. The highest BCUT2D eigenvalue weighted by atomic mass is 16.5. The summed E-state index contributed by atoms with van der Waals surface area (Å²) in [5, 5.41) is 8.25. The molecule has 0 radical (unpaired) electrons. The summed E-state index contributed by atoms with van der Waals surface area (Å²) in [6.45, 7) is 14.1. The second-order valence-corrected chi connectivity index (χ2v) is 12.0. The lowest BCUT2D eigenvalue weighted by molar-refractivity contribution is -0.147. The van der Waals surface area contributed by atoms with Gasteiger partial charge in [-0.1, -0.05) is 50.8 Å². The van der Waals surface area contributed by atoms with E-state index in [-0.39, 0.29) is 24.5 Å². The number of hydrogen-bond donors (Lipinski definition) is 3. The van der Waals surface area contributed by atoms with Crippen molar-refractivity contribution in [3.8, 4) is 0 Å². The van der Waals surface area contributed by atoms with Gasteiger partial charge in [-0.2, -0.15) is 0 Å². The first-order chi connectivity index (χ1) is 19.9. The Hall–Kier alpha value is -3.76. The first-order valence-corrected chi connectivity index (χ1v) is 14.5. The molecular formula is C32H43N5O5. The summed E-state index contributed by atoms with van der Waals surface area (Å²) >= 11 is 0. The lowest BCUT2D eigenvalue weighted by atomic mass is 9.89. The minimum absolute atomic E-state index is 0.0384. The van der Waals surface area contributed by atoms with Crippen LogP contribution >= 0.6 is 0 Å². The average molecular weight is 578 g/mol. The number of pyridine rings is 1. The van der Waals surface area contributed by atoms with E-state index in [0.29, 0.717) is 25.1 Å². The van der Waals surface area contributed by atoms with Gasteiger partial charge in [0.05, 0.1) is 29.6 Å². The Morgan fingerprint density at radius 2 is 1.88 bits per heavy atom. The van der Waals surface area contributed by atoms with E-state index < -0.39 is 35.4 Å². The lowest BCUT2D eigenvalue weighted by Crippen LogP contribution is -2.62. The maximum atomic E-state index is 13.6. The Morgan fingerprint density at radius 3 is 2.60 bits per heavy atom. The van der Waals surface area contributed by atoms with Gasteiger partial charge in [0.15, 0.2) is 6.10 Å². The number of methoxy groups -OCH3 is 1. The molecule has 2 aromatic rings. The number of carbonyl (C=O) groups is 3. The van der Waals surface area contributed by atoms with Crippen molar-refractivity contribution >= 4 is 34.7 Å². The predicted octanol–water partition coefficient (Wildman–Crippen LogP) is 3.65. The molecule has 1 aromatic carbocycles. The maximum absolute atomic E-state index is 13.6. The SMILES string of the molecule is C=C1O[C@@H](C(C)C)C(=O)NC(COC)C(=O)N2CCC[C@H](N2)C(=O)N[C@H](C)c2ccc3ccc(cc3n2)/C=C/C1(C)C. The Bertz CT molecular complexity index is 1370. The van der Waals surface area contributed by atoms with E-state index in [4.69, 9.17) is 14.5 Å². The summed E-state index contributed by atoms with van der Waals surface area (Å²) in [5.74, 6) is -0.842. The predicted molar refractivity (Wildman–Crippen MR) is 162 cm³/mol. The van der Waals surface area contributed by atoms with Crippen LogP contribution in [0.15, 0.2) is 48.7 Å². The van der Waals surface area contributed by atoms with E-state index in [9.17, 15) is 14.4 Å². The first kappa shape index (κ1) is 31.2. The quantitative estimate of drug-likeness (QED) is 0.509. The molecule has 10 nitrogen and oxygen atoms in total. The highest BCUT2D eigenvalue weighted by Gasteiger charge is 2.36. The number of hydrazine groups is 1. The molecule has 0 saturated carbocycles. The van der Waals surface area contributed by atoms with E-state index in [1.165, 1.54) is 12.1 Å². The summed E-state index contributed by atoms with van der Waals surface area (Å²) in [5.41, 5.74) is 4.94. The minimum Gasteiger partial charge on any atom is -0.484 e. The number of aromatic nitrogens is 1. The third-order valence-electron chi connectivity index (χ3n) is 7.80. The minimum atomic E-state index is -0.974. The number of nitrogens with one attached hydrogen (secondary N) is 3. The fraction of sp³-hybridized carbons (Fsp3) is 0.500. The molecule has 1 saturated heterocycles. The zero-order chi connectivity index (χ0) is 30.6. The van der Waals surface area contributed by atoms with Gasteiger partial charge in [-0.15, -0.1) is 0 Å². The van der Waals surface area contributed by atoms with Crippen molar-refractivity contribution in [2.24, 2.45) is 11.3 Å². The van der Waals surface area contributed by atoms with Crippen molar-refractivity contribution in [1.82, 2.24) is 26.1 Å². The summed E-state index contributed by atoms with van der Waals surface area (Å²) < 4.78 is 11.5. The fourth-order valence-electron chi connectivity index (χ4n) is 5.00. The van der Waals surface area contributed by atoms with E-state index in [0.717, 1.165) is 22.2 Å². The topological polar surface area (TPSA) is 122 Å². The molecule has 10 heteroatoms. The van der Waals surface area contributed by atoms with E-state index in [1.54, 1.807) is 0 Å². The molecule has 1 aromatic heterocycles. The average Bonchev–Trinajstić information content (AvgIpc) is 2.96. The maximum Gasteiger partial charge on any atom is 0.262 e. The zero-order valence-corrected chi connectivity index (χ0v) is 25.4. The number of hydrogen-bond acceptors (Lipinski definition) is 7. The molecule has 4 atom stereocenters. The Kier molecular flexibility index (Phi) is 9.68. The molecular weight excluding hydrogens is 534 g/mol. The van der Waals surface area contributed by atoms with Crippen LogP contribution in [0.5, 0.6) is 0 Å². The van der Waals surface area contributed by atoms with Gasteiger partial charge in [0.2, 0.25) is 5.91 Å². The van der Waals surface area contributed by atoms with Crippen molar-refractivity contribution in [1.29, 1.82) is 0 Å². The van der Waals surface area contributed by atoms with Crippen molar-refractivity contribution in [3.63, 3.8) is 0 Å². The van der Waals surface area contributed by atoms with Crippen molar-refractivity contribution < 1.29 is 23.9 Å². The van der Waals surface area contributed by atoms with Gasteiger partial charge in [0.25, 0.3) is 11.8 Å². The molecule has 3 amide bonds. The van der Waals surface area contributed by atoms with Gasteiger partial charge < -0.3 is 20.1 Å². The normalized spacial score (nSPS) is 26.5. The van der Waals surface area contributed by atoms with Crippen molar-refractivity contribution in [2.45, 2.75) is 71.7 Å². The van der Waals surface area contributed by atoms with Gasteiger partial charge >= 0.3 is 0 Å². The molecule has 1 fully saturated rings. The number of carbonyl (C=O) groups excluding carboxylic acids is 3. The smallest absolute Gasteiger partial charge is 0.262 e. The Morgan fingerprint density at radius 1 is 1.14 bits per heavy atom. The Labute approximate surface area is 247 Å². The molecule has 42 heavy (non-hydrogen) atoms. The number of fused-ring (bicyclic) bond motifs is 4. The number of amides is 3. The monoisotopic (exact) mass is 577 g/mol.